The van der Waals surface area contributed by atoms with Crippen molar-refractivity contribution in [1.82, 2.24) is 5.32 Å². The number of rotatable bonds is 3. The Kier molecular flexibility index (Phi) is 3.99. The number of hydrogen-bond acceptors (Lipinski definition) is 2. The zero-order valence-electron chi connectivity index (χ0n) is 9.56. The quantitative estimate of drug-likeness (QED) is 0.817. The van der Waals surface area contributed by atoms with E-state index in [0.29, 0.717) is 16.0 Å². The highest BCUT2D eigenvalue weighted by Crippen LogP contribution is 2.13. The van der Waals surface area contributed by atoms with Crippen LogP contribution in [-0.4, -0.2) is 5.91 Å². The third-order valence-electron chi connectivity index (χ3n) is 2.55. The summed E-state index contributed by atoms with van der Waals surface area (Å²) in [4.78, 5) is 12.5. The minimum absolute atomic E-state index is 0.160. The van der Waals surface area contributed by atoms with Gasteiger partial charge in [-0.1, -0.05) is 30.3 Å². The van der Waals surface area contributed by atoms with Gasteiger partial charge in [0.1, 0.15) is 5.82 Å². The van der Waals surface area contributed by atoms with Gasteiger partial charge in [0, 0.05) is 17.0 Å². The van der Waals surface area contributed by atoms with Gasteiger partial charge < -0.3 is 5.32 Å². The average molecular weight is 261 g/mol. The van der Waals surface area contributed by atoms with Crippen LogP contribution in [0.2, 0.25) is 0 Å². The average Bonchev–Trinajstić information content (AvgIpc) is 2.38. The molecule has 92 valence electrons. The summed E-state index contributed by atoms with van der Waals surface area (Å²) in [6.07, 6.45) is 0. The number of thiol groups is 1. The van der Waals surface area contributed by atoms with Crippen molar-refractivity contribution in [1.29, 1.82) is 0 Å². The van der Waals surface area contributed by atoms with Gasteiger partial charge in [0.25, 0.3) is 5.91 Å². The summed E-state index contributed by atoms with van der Waals surface area (Å²) in [6, 6.07) is 13.3. The van der Waals surface area contributed by atoms with Gasteiger partial charge in [0.2, 0.25) is 0 Å². The van der Waals surface area contributed by atoms with E-state index in [2.05, 4.69) is 17.9 Å². The Morgan fingerprint density at radius 3 is 2.50 bits per heavy atom. The molecule has 0 aliphatic carbocycles. The lowest BCUT2D eigenvalue weighted by Gasteiger charge is -2.07. The van der Waals surface area contributed by atoms with Crippen molar-refractivity contribution >= 4 is 18.5 Å². The van der Waals surface area contributed by atoms with E-state index in [1.165, 1.54) is 6.07 Å². The van der Waals surface area contributed by atoms with Crippen LogP contribution < -0.4 is 5.32 Å². The van der Waals surface area contributed by atoms with E-state index in [1.54, 1.807) is 42.5 Å². The molecule has 4 heteroatoms. The number of carbonyl (C=O) groups is 1. The smallest absolute Gasteiger partial charge is 0.252 e. The number of halogens is 1. The Hall–Kier alpha value is -1.81. The fourth-order valence-corrected chi connectivity index (χ4v) is 1.84. The van der Waals surface area contributed by atoms with Crippen molar-refractivity contribution in [3.63, 3.8) is 0 Å². The molecule has 0 bridgehead atoms. The van der Waals surface area contributed by atoms with Crippen LogP contribution in [0, 0.1) is 5.82 Å². The molecule has 2 rings (SSSR count). The first-order valence-electron chi connectivity index (χ1n) is 5.48. The highest BCUT2D eigenvalue weighted by atomic mass is 32.1. The Morgan fingerprint density at radius 2 is 1.78 bits per heavy atom. The normalized spacial score (nSPS) is 10.1. The Bertz CT molecular complexity index is 571. The fraction of sp³-hybridized carbons (Fsp3) is 0.0714. The van der Waals surface area contributed by atoms with Gasteiger partial charge in [0.15, 0.2) is 0 Å². The number of benzene rings is 2. The number of hydrogen-bond donors (Lipinski definition) is 2. The molecule has 0 unspecified atom stereocenters. The van der Waals surface area contributed by atoms with Gasteiger partial charge in [-0.15, -0.1) is 12.6 Å². The molecule has 2 aromatic carbocycles. The van der Waals surface area contributed by atoms with Gasteiger partial charge in [-0.05, 0) is 18.2 Å². The topological polar surface area (TPSA) is 29.1 Å². The Morgan fingerprint density at radius 1 is 1.11 bits per heavy atom. The molecule has 0 atom stereocenters. The van der Waals surface area contributed by atoms with Crippen LogP contribution in [-0.2, 0) is 6.54 Å². The number of amides is 1. The maximum atomic E-state index is 13.4. The van der Waals surface area contributed by atoms with E-state index < -0.39 is 0 Å². The summed E-state index contributed by atoms with van der Waals surface area (Å²) >= 11 is 4.20. The molecule has 1 amide bonds. The summed E-state index contributed by atoms with van der Waals surface area (Å²) in [6.45, 7) is 0.160. The maximum absolute atomic E-state index is 13.4. The van der Waals surface area contributed by atoms with Crippen molar-refractivity contribution < 1.29 is 9.18 Å². The first-order chi connectivity index (χ1) is 8.68. The molecule has 0 heterocycles. The predicted molar refractivity (Wildman–Crippen MR) is 71.3 cm³/mol. The molecule has 0 aromatic heterocycles. The predicted octanol–water partition coefficient (Wildman–Crippen LogP) is 3.04. The summed E-state index contributed by atoms with van der Waals surface area (Å²) < 4.78 is 13.4. The summed E-state index contributed by atoms with van der Waals surface area (Å²) in [5.41, 5.74) is 0.944. The number of carbonyl (C=O) groups excluding carboxylic acids is 1. The Balaban J connectivity index is 2.06. The van der Waals surface area contributed by atoms with Crippen LogP contribution in [0.3, 0.4) is 0 Å². The summed E-state index contributed by atoms with van der Waals surface area (Å²) in [7, 11) is 0. The van der Waals surface area contributed by atoms with Crippen molar-refractivity contribution in [2.24, 2.45) is 0 Å². The van der Waals surface area contributed by atoms with Crippen LogP contribution in [0.15, 0.2) is 53.4 Å². The van der Waals surface area contributed by atoms with Gasteiger partial charge in [0.05, 0.1) is 5.56 Å². The van der Waals surface area contributed by atoms with Crippen LogP contribution in [0.4, 0.5) is 4.39 Å². The molecular formula is C14H12FNOS. The number of nitrogens with one attached hydrogen (secondary N) is 1. The molecule has 0 spiro atoms. The van der Waals surface area contributed by atoms with Crippen molar-refractivity contribution in [2.45, 2.75) is 11.4 Å². The second kappa shape index (κ2) is 5.69. The van der Waals surface area contributed by atoms with Gasteiger partial charge in [-0.25, -0.2) is 4.39 Å². The summed E-state index contributed by atoms with van der Waals surface area (Å²) in [5.74, 6) is -0.583. The molecule has 2 nitrogen and oxygen atoms in total. The first-order valence-corrected chi connectivity index (χ1v) is 5.93. The van der Waals surface area contributed by atoms with Gasteiger partial charge >= 0.3 is 0 Å². The zero-order chi connectivity index (χ0) is 13.0. The maximum Gasteiger partial charge on any atom is 0.252 e. The van der Waals surface area contributed by atoms with Crippen LogP contribution in [0.25, 0.3) is 0 Å². The third-order valence-corrected chi connectivity index (χ3v) is 2.94. The standard InChI is InChI=1S/C14H12FNOS/c15-12-7-3-1-5-10(12)9-16-14(17)11-6-2-4-8-13(11)18/h1-8,18H,9H2,(H,16,17). The molecule has 2 aromatic rings. The van der Waals surface area contributed by atoms with E-state index in [0.717, 1.165) is 0 Å². The van der Waals surface area contributed by atoms with Crippen molar-refractivity contribution in [2.75, 3.05) is 0 Å². The van der Waals surface area contributed by atoms with E-state index in [9.17, 15) is 9.18 Å². The second-order valence-corrected chi connectivity index (χ2v) is 4.27. The third kappa shape index (κ3) is 2.90. The lowest BCUT2D eigenvalue weighted by Crippen LogP contribution is -2.23. The summed E-state index contributed by atoms with van der Waals surface area (Å²) in [5, 5.41) is 2.67. The minimum atomic E-state index is -0.322. The van der Waals surface area contributed by atoms with E-state index in [1.807, 2.05) is 0 Å². The molecule has 1 N–H and O–H groups in total. The lowest BCUT2D eigenvalue weighted by atomic mass is 10.2. The molecule has 18 heavy (non-hydrogen) atoms. The molecule has 0 fully saturated rings. The minimum Gasteiger partial charge on any atom is -0.348 e. The Labute approximate surface area is 110 Å². The monoisotopic (exact) mass is 261 g/mol. The molecule has 0 saturated heterocycles. The van der Waals surface area contributed by atoms with Crippen LogP contribution in [0.1, 0.15) is 15.9 Å². The SMILES string of the molecule is O=C(NCc1ccccc1F)c1ccccc1S. The molecule has 0 aliphatic rings. The first kappa shape index (κ1) is 12.6. The van der Waals surface area contributed by atoms with E-state index in [4.69, 9.17) is 0 Å². The molecule has 0 aliphatic heterocycles. The molecule has 0 saturated carbocycles. The van der Waals surface area contributed by atoms with Crippen LogP contribution >= 0.6 is 12.6 Å². The van der Waals surface area contributed by atoms with Gasteiger partial charge in [-0.2, -0.15) is 0 Å². The van der Waals surface area contributed by atoms with Crippen LogP contribution in [0.5, 0.6) is 0 Å². The van der Waals surface area contributed by atoms with Crippen molar-refractivity contribution in [3.05, 3.63) is 65.5 Å². The highest BCUT2D eigenvalue weighted by molar-refractivity contribution is 7.80. The lowest BCUT2D eigenvalue weighted by molar-refractivity contribution is 0.0947. The van der Waals surface area contributed by atoms with E-state index >= 15 is 0 Å². The highest BCUT2D eigenvalue weighted by Gasteiger charge is 2.09. The molecular weight excluding hydrogens is 249 g/mol. The fourth-order valence-electron chi connectivity index (χ4n) is 1.58. The zero-order valence-corrected chi connectivity index (χ0v) is 10.5. The van der Waals surface area contributed by atoms with E-state index in [-0.39, 0.29) is 18.3 Å². The van der Waals surface area contributed by atoms with Gasteiger partial charge in [-0.3, -0.25) is 4.79 Å². The molecule has 0 radical (unpaired) electrons. The second-order valence-electron chi connectivity index (χ2n) is 3.79. The largest absolute Gasteiger partial charge is 0.348 e. The van der Waals surface area contributed by atoms with Crippen molar-refractivity contribution in [3.8, 4) is 0 Å².